The standard InChI is InChI=1S/C15H20O4/c1-3-5-6-13(4-2)19-15(18)12-9-7-11(8-10-12)14(16)17/h7-10,13H,3-6H2,1-2H3,(H,16,17). The highest BCUT2D eigenvalue weighted by atomic mass is 16.5. The minimum absolute atomic E-state index is 0.0633. The smallest absolute Gasteiger partial charge is 0.338 e. The van der Waals surface area contributed by atoms with Gasteiger partial charge in [-0.1, -0.05) is 26.7 Å². The van der Waals surface area contributed by atoms with Crippen LogP contribution in [0.5, 0.6) is 0 Å². The number of carbonyl (C=O) groups excluding carboxylic acids is 1. The Morgan fingerprint density at radius 3 is 2.21 bits per heavy atom. The largest absolute Gasteiger partial charge is 0.478 e. The van der Waals surface area contributed by atoms with E-state index in [2.05, 4.69) is 6.92 Å². The maximum Gasteiger partial charge on any atom is 0.338 e. The zero-order valence-corrected chi connectivity index (χ0v) is 11.4. The molecule has 0 saturated carbocycles. The van der Waals surface area contributed by atoms with Crippen molar-refractivity contribution in [2.24, 2.45) is 0 Å². The van der Waals surface area contributed by atoms with Gasteiger partial charge in [0.1, 0.15) is 6.10 Å². The van der Waals surface area contributed by atoms with Crippen LogP contribution in [-0.4, -0.2) is 23.1 Å². The molecule has 0 spiro atoms. The number of aromatic carboxylic acids is 1. The van der Waals surface area contributed by atoms with E-state index in [9.17, 15) is 9.59 Å². The first kappa shape index (κ1) is 15.2. The highest BCUT2D eigenvalue weighted by molar-refractivity contribution is 5.92. The third-order valence-electron chi connectivity index (χ3n) is 2.98. The number of ether oxygens (including phenoxy) is 1. The van der Waals surface area contributed by atoms with E-state index in [4.69, 9.17) is 9.84 Å². The van der Waals surface area contributed by atoms with Crippen LogP contribution in [0.15, 0.2) is 24.3 Å². The molecule has 4 heteroatoms. The van der Waals surface area contributed by atoms with Crippen molar-refractivity contribution in [2.75, 3.05) is 0 Å². The molecule has 0 radical (unpaired) electrons. The van der Waals surface area contributed by atoms with Crippen molar-refractivity contribution < 1.29 is 19.4 Å². The van der Waals surface area contributed by atoms with Gasteiger partial charge < -0.3 is 9.84 Å². The Labute approximate surface area is 113 Å². The molecule has 0 aliphatic rings. The summed E-state index contributed by atoms with van der Waals surface area (Å²) >= 11 is 0. The molecule has 4 nitrogen and oxygen atoms in total. The summed E-state index contributed by atoms with van der Waals surface area (Å²) in [6.45, 7) is 4.08. The number of rotatable bonds is 7. The van der Waals surface area contributed by atoms with E-state index >= 15 is 0 Å². The molecule has 0 heterocycles. The number of unbranched alkanes of at least 4 members (excludes halogenated alkanes) is 1. The fourth-order valence-corrected chi connectivity index (χ4v) is 1.75. The van der Waals surface area contributed by atoms with Crippen LogP contribution in [0.1, 0.15) is 60.2 Å². The molecule has 0 aromatic heterocycles. The van der Waals surface area contributed by atoms with Crippen molar-refractivity contribution in [1.29, 1.82) is 0 Å². The molecule has 19 heavy (non-hydrogen) atoms. The number of benzene rings is 1. The molecule has 1 aromatic carbocycles. The first-order valence-electron chi connectivity index (χ1n) is 6.62. The van der Waals surface area contributed by atoms with Crippen molar-refractivity contribution in [1.82, 2.24) is 0 Å². The van der Waals surface area contributed by atoms with E-state index in [0.717, 1.165) is 25.7 Å². The molecule has 1 aromatic rings. The predicted octanol–water partition coefficient (Wildman–Crippen LogP) is 3.51. The second-order valence-electron chi connectivity index (χ2n) is 4.46. The molecule has 1 unspecified atom stereocenters. The molecule has 0 aliphatic heterocycles. The number of carbonyl (C=O) groups is 2. The Balaban J connectivity index is 2.63. The molecule has 1 rings (SSSR count). The lowest BCUT2D eigenvalue weighted by molar-refractivity contribution is 0.0267. The van der Waals surface area contributed by atoms with Gasteiger partial charge >= 0.3 is 11.9 Å². The number of hydrogen-bond acceptors (Lipinski definition) is 3. The van der Waals surface area contributed by atoms with Gasteiger partial charge in [0, 0.05) is 0 Å². The SMILES string of the molecule is CCCCC(CC)OC(=O)c1ccc(C(=O)O)cc1. The minimum atomic E-state index is -1.01. The number of hydrogen-bond donors (Lipinski definition) is 1. The monoisotopic (exact) mass is 264 g/mol. The Bertz CT molecular complexity index is 422. The summed E-state index contributed by atoms with van der Waals surface area (Å²) in [5.74, 6) is -1.39. The van der Waals surface area contributed by atoms with Crippen LogP contribution in [0.3, 0.4) is 0 Å². The number of esters is 1. The van der Waals surface area contributed by atoms with Gasteiger partial charge in [-0.05, 0) is 37.1 Å². The molecule has 0 fully saturated rings. The lowest BCUT2D eigenvalue weighted by atomic mass is 10.1. The quantitative estimate of drug-likeness (QED) is 0.765. The van der Waals surface area contributed by atoms with Crippen molar-refractivity contribution in [3.8, 4) is 0 Å². The van der Waals surface area contributed by atoms with Gasteiger partial charge in [0.2, 0.25) is 0 Å². The van der Waals surface area contributed by atoms with Crippen LogP contribution in [0.25, 0.3) is 0 Å². The second-order valence-corrected chi connectivity index (χ2v) is 4.46. The molecule has 1 N–H and O–H groups in total. The zero-order chi connectivity index (χ0) is 14.3. The highest BCUT2D eigenvalue weighted by Gasteiger charge is 2.14. The summed E-state index contributed by atoms with van der Waals surface area (Å²) in [7, 11) is 0. The van der Waals surface area contributed by atoms with Crippen LogP contribution in [0.2, 0.25) is 0 Å². The van der Waals surface area contributed by atoms with Crippen LogP contribution in [-0.2, 0) is 4.74 Å². The summed E-state index contributed by atoms with van der Waals surface area (Å²) in [4.78, 5) is 22.6. The van der Waals surface area contributed by atoms with Gasteiger partial charge in [-0.25, -0.2) is 9.59 Å². The molecule has 104 valence electrons. The maximum atomic E-state index is 11.9. The Morgan fingerprint density at radius 2 is 1.74 bits per heavy atom. The summed E-state index contributed by atoms with van der Waals surface area (Å²) in [6.07, 6.45) is 3.70. The molecule has 0 bridgehead atoms. The summed E-state index contributed by atoms with van der Waals surface area (Å²) in [5, 5.41) is 8.78. The maximum absolute atomic E-state index is 11.9. The van der Waals surface area contributed by atoms with E-state index in [1.165, 1.54) is 24.3 Å². The fraction of sp³-hybridized carbons (Fsp3) is 0.467. The van der Waals surface area contributed by atoms with E-state index in [1.807, 2.05) is 6.92 Å². The van der Waals surface area contributed by atoms with Gasteiger partial charge in [0.05, 0.1) is 11.1 Å². The van der Waals surface area contributed by atoms with E-state index in [-0.39, 0.29) is 17.6 Å². The second kappa shape index (κ2) is 7.56. The first-order chi connectivity index (χ1) is 9.08. The normalized spacial score (nSPS) is 11.9. The summed E-state index contributed by atoms with van der Waals surface area (Å²) < 4.78 is 5.40. The lowest BCUT2D eigenvalue weighted by Gasteiger charge is -2.15. The van der Waals surface area contributed by atoms with Gasteiger partial charge in [-0.2, -0.15) is 0 Å². The van der Waals surface area contributed by atoms with Gasteiger partial charge in [-0.15, -0.1) is 0 Å². The highest BCUT2D eigenvalue weighted by Crippen LogP contribution is 2.13. The Morgan fingerprint density at radius 1 is 1.16 bits per heavy atom. The van der Waals surface area contributed by atoms with Gasteiger partial charge in [-0.3, -0.25) is 0 Å². The van der Waals surface area contributed by atoms with E-state index in [1.54, 1.807) is 0 Å². The zero-order valence-electron chi connectivity index (χ0n) is 11.4. The Hall–Kier alpha value is -1.84. The molecule has 1 atom stereocenters. The van der Waals surface area contributed by atoms with Crippen molar-refractivity contribution in [2.45, 2.75) is 45.6 Å². The summed E-state index contributed by atoms with van der Waals surface area (Å²) in [6, 6.07) is 5.79. The van der Waals surface area contributed by atoms with Crippen molar-refractivity contribution in [3.05, 3.63) is 35.4 Å². The van der Waals surface area contributed by atoms with E-state index in [0.29, 0.717) is 5.56 Å². The van der Waals surface area contributed by atoms with Gasteiger partial charge in [0.25, 0.3) is 0 Å². The van der Waals surface area contributed by atoms with Gasteiger partial charge in [0.15, 0.2) is 0 Å². The average molecular weight is 264 g/mol. The molecule has 0 saturated heterocycles. The first-order valence-corrected chi connectivity index (χ1v) is 6.62. The molecule has 0 amide bonds. The number of carboxylic acid groups (broad SMARTS) is 1. The third kappa shape index (κ3) is 4.73. The van der Waals surface area contributed by atoms with Crippen molar-refractivity contribution in [3.63, 3.8) is 0 Å². The number of carboxylic acids is 1. The molecular formula is C15H20O4. The third-order valence-corrected chi connectivity index (χ3v) is 2.98. The Kier molecular flexibility index (Phi) is 6.06. The average Bonchev–Trinajstić information content (AvgIpc) is 2.43. The fourth-order valence-electron chi connectivity index (χ4n) is 1.75. The molecular weight excluding hydrogens is 244 g/mol. The van der Waals surface area contributed by atoms with Crippen LogP contribution >= 0.6 is 0 Å². The van der Waals surface area contributed by atoms with Crippen LogP contribution < -0.4 is 0 Å². The topological polar surface area (TPSA) is 63.6 Å². The van der Waals surface area contributed by atoms with E-state index < -0.39 is 5.97 Å². The summed E-state index contributed by atoms with van der Waals surface area (Å²) in [5.41, 5.74) is 0.550. The van der Waals surface area contributed by atoms with Crippen LogP contribution in [0, 0.1) is 0 Å². The van der Waals surface area contributed by atoms with Crippen LogP contribution in [0.4, 0.5) is 0 Å². The lowest BCUT2D eigenvalue weighted by Crippen LogP contribution is -2.17. The predicted molar refractivity (Wildman–Crippen MR) is 72.4 cm³/mol. The minimum Gasteiger partial charge on any atom is -0.478 e. The molecule has 0 aliphatic carbocycles. The van der Waals surface area contributed by atoms with Crippen molar-refractivity contribution >= 4 is 11.9 Å².